The van der Waals surface area contributed by atoms with E-state index in [1.165, 1.54) is 12.8 Å². The van der Waals surface area contributed by atoms with Gasteiger partial charge in [-0.25, -0.2) is 4.39 Å². The number of ether oxygens (including phenoxy) is 1. The highest BCUT2D eigenvalue weighted by Crippen LogP contribution is 2.24. The predicted octanol–water partition coefficient (Wildman–Crippen LogP) is 2.28. The first-order chi connectivity index (χ1) is 7.31. The van der Waals surface area contributed by atoms with Gasteiger partial charge in [-0.05, 0) is 38.4 Å². The van der Waals surface area contributed by atoms with Gasteiger partial charge in [0.1, 0.15) is 5.83 Å². The van der Waals surface area contributed by atoms with Crippen LogP contribution in [0.4, 0.5) is 4.39 Å². The molecule has 1 aliphatic heterocycles. The summed E-state index contributed by atoms with van der Waals surface area (Å²) in [5.41, 5.74) is 0.821. The molecule has 1 atom stereocenters. The molecule has 2 aliphatic rings. The molecule has 0 radical (unpaired) electrons. The van der Waals surface area contributed by atoms with Crippen LogP contribution in [0.2, 0.25) is 0 Å². The summed E-state index contributed by atoms with van der Waals surface area (Å²) >= 11 is 0. The van der Waals surface area contributed by atoms with E-state index >= 15 is 0 Å². The van der Waals surface area contributed by atoms with E-state index in [2.05, 4.69) is 4.90 Å². The fraction of sp³-hybridized carbons (Fsp3) is 0.667. The van der Waals surface area contributed by atoms with Gasteiger partial charge >= 0.3 is 0 Å². The van der Waals surface area contributed by atoms with Gasteiger partial charge in [0.05, 0.1) is 6.10 Å². The summed E-state index contributed by atoms with van der Waals surface area (Å²) in [5, 5.41) is 0. The minimum Gasteiger partial charge on any atom is -0.377 e. The third kappa shape index (κ3) is 2.47. The van der Waals surface area contributed by atoms with Crippen LogP contribution in [-0.4, -0.2) is 37.7 Å². The molecular weight excluding hydrogens is 193 g/mol. The predicted molar refractivity (Wildman–Crippen MR) is 58.4 cm³/mol. The van der Waals surface area contributed by atoms with Gasteiger partial charge in [0, 0.05) is 19.2 Å². The van der Waals surface area contributed by atoms with E-state index < -0.39 is 0 Å². The van der Waals surface area contributed by atoms with Crippen molar-refractivity contribution in [2.75, 3.05) is 26.7 Å². The largest absolute Gasteiger partial charge is 0.377 e. The van der Waals surface area contributed by atoms with Gasteiger partial charge in [-0.1, -0.05) is 6.08 Å². The smallest absolute Gasteiger partial charge is 0.125 e. The second kappa shape index (κ2) is 4.90. The molecule has 1 aliphatic carbocycles. The number of halogens is 1. The van der Waals surface area contributed by atoms with Gasteiger partial charge in [0.2, 0.25) is 0 Å². The zero-order valence-electron chi connectivity index (χ0n) is 9.21. The van der Waals surface area contributed by atoms with Crippen LogP contribution in [0.25, 0.3) is 0 Å². The van der Waals surface area contributed by atoms with Gasteiger partial charge < -0.3 is 4.74 Å². The van der Waals surface area contributed by atoms with E-state index in [4.69, 9.17) is 4.74 Å². The molecule has 0 aromatic heterocycles. The quantitative estimate of drug-likeness (QED) is 0.710. The first kappa shape index (κ1) is 10.8. The molecule has 2 rings (SSSR count). The molecular formula is C12H18FNO. The number of likely N-dealkylation sites (tertiary alicyclic amines) is 1. The van der Waals surface area contributed by atoms with E-state index in [1.54, 1.807) is 13.2 Å². The van der Waals surface area contributed by atoms with Crippen molar-refractivity contribution in [2.24, 2.45) is 0 Å². The number of hydrogen-bond acceptors (Lipinski definition) is 2. The molecule has 1 fully saturated rings. The van der Waals surface area contributed by atoms with Crippen LogP contribution in [0.3, 0.4) is 0 Å². The van der Waals surface area contributed by atoms with Gasteiger partial charge in [0.25, 0.3) is 0 Å². The summed E-state index contributed by atoms with van der Waals surface area (Å²) in [7, 11) is 1.65. The molecule has 1 saturated heterocycles. The Morgan fingerprint density at radius 1 is 1.47 bits per heavy atom. The van der Waals surface area contributed by atoms with E-state index in [0.29, 0.717) is 0 Å². The van der Waals surface area contributed by atoms with E-state index in [-0.39, 0.29) is 11.9 Å². The van der Waals surface area contributed by atoms with Crippen molar-refractivity contribution in [1.82, 2.24) is 4.90 Å². The Bertz CT molecular complexity index is 279. The molecule has 0 spiro atoms. The number of methoxy groups -OCH3 is 1. The maximum absolute atomic E-state index is 13.6. The highest BCUT2D eigenvalue weighted by atomic mass is 19.1. The lowest BCUT2D eigenvalue weighted by Crippen LogP contribution is -2.29. The lowest BCUT2D eigenvalue weighted by Gasteiger charge is -2.25. The zero-order chi connectivity index (χ0) is 10.7. The number of nitrogens with zero attached hydrogens (tertiary/aromatic N) is 1. The summed E-state index contributed by atoms with van der Waals surface area (Å²) < 4.78 is 18.9. The minimum atomic E-state index is -0.0972. The summed E-state index contributed by atoms with van der Waals surface area (Å²) in [6.45, 7) is 2.92. The van der Waals surface area contributed by atoms with E-state index in [9.17, 15) is 4.39 Å². The van der Waals surface area contributed by atoms with Crippen LogP contribution >= 0.6 is 0 Å². The molecule has 1 unspecified atom stereocenters. The van der Waals surface area contributed by atoms with Crippen LogP contribution < -0.4 is 0 Å². The number of allylic oxidation sites excluding steroid dienone is 2. The molecule has 0 bridgehead atoms. The highest BCUT2D eigenvalue weighted by molar-refractivity contribution is 5.29. The average molecular weight is 211 g/mol. The lowest BCUT2D eigenvalue weighted by molar-refractivity contribution is 0.122. The van der Waals surface area contributed by atoms with Crippen molar-refractivity contribution in [2.45, 2.75) is 25.4 Å². The Labute approximate surface area is 90.4 Å². The monoisotopic (exact) mass is 211 g/mol. The van der Waals surface area contributed by atoms with Crippen molar-refractivity contribution in [3.8, 4) is 0 Å². The highest BCUT2D eigenvalue weighted by Gasteiger charge is 2.23. The third-order valence-corrected chi connectivity index (χ3v) is 3.19. The first-order valence-corrected chi connectivity index (χ1v) is 5.61. The fourth-order valence-corrected chi connectivity index (χ4v) is 2.30. The minimum absolute atomic E-state index is 0.0596. The molecule has 84 valence electrons. The van der Waals surface area contributed by atoms with Gasteiger partial charge in [-0.3, -0.25) is 4.90 Å². The van der Waals surface area contributed by atoms with Crippen LogP contribution in [-0.2, 0) is 4.74 Å². The Morgan fingerprint density at radius 3 is 2.87 bits per heavy atom. The molecule has 0 amide bonds. The second-order valence-corrected chi connectivity index (χ2v) is 4.22. The molecule has 1 heterocycles. The maximum atomic E-state index is 13.6. The summed E-state index contributed by atoms with van der Waals surface area (Å²) in [6.07, 6.45) is 6.63. The van der Waals surface area contributed by atoms with Crippen LogP contribution in [0.1, 0.15) is 19.3 Å². The molecule has 2 nitrogen and oxygen atoms in total. The number of rotatable bonds is 3. The molecule has 0 N–H and O–H groups in total. The lowest BCUT2D eigenvalue weighted by atomic mass is 10.00. The van der Waals surface area contributed by atoms with Crippen molar-refractivity contribution >= 4 is 0 Å². The summed E-state index contributed by atoms with van der Waals surface area (Å²) in [5.74, 6) is -0.0972. The standard InChI is InChI=1S/C12H18FNO/c1-15-12-6-4-5-11(13)10(12)9-14-7-2-3-8-14/h4-5,12H,2-3,6-9H2,1H3. The SMILES string of the molecule is COC1CC=CC(F)=C1CN1CCCC1. The molecule has 0 aromatic rings. The first-order valence-electron chi connectivity index (χ1n) is 5.61. The van der Waals surface area contributed by atoms with Gasteiger partial charge in [-0.2, -0.15) is 0 Å². The average Bonchev–Trinajstić information content (AvgIpc) is 2.74. The van der Waals surface area contributed by atoms with Crippen LogP contribution in [0, 0.1) is 0 Å². The van der Waals surface area contributed by atoms with Crippen LogP contribution in [0.15, 0.2) is 23.6 Å². The molecule has 0 saturated carbocycles. The van der Waals surface area contributed by atoms with E-state index in [1.807, 2.05) is 6.08 Å². The third-order valence-electron chi connectivity index (χ3n) is 3.19. The van der Waals surface area contributed by atoms with E-state index in [0.717, 1.165) is 31.6 Å². The molecule has 0 aromatic carbocycles. The van der Waals surface area contributed by atoms with Crippen molar-refractivity contribution in [3.63, 3.8) is 0 Å². The maximum Gasteiger partial charge on any atom is 0.125 e. The molecule has 3 heteroatoms. The fourth-order valence-electron chi connectivity index (χ4n) is 2.30. The number of hydrogen-bond donors (Lipinski definition) is 0. The molecule has 15 heavy (non-hydrogen) atoms. The van der Waals surface area contributed by atoms with Gasteiger partial charge in [0.15, 0.2) is 0 Å². The Hall–Kier alpha value is -0.670. The Morgan fingerprint density at radius 2 is 2.20 bits per heavy atom. The van der Waals surface area contributed by atoms with Gasteiger partial charge in [-0.15, -0.1) is 0 Å². The Balaban J connectivity index is 2.05. The Kier molecular flexibility index (Phi) is 3.54. The summed E-state index contributed by atoms with van der Waals surface area (Å²) in [6, 6.07) is 0. The zero-order valence-corrected chi connectivity index (χ0v) is 9.21. The normalized spacial score (nSPS) is 27.7. The topological polar surface area (TPSA) is 12.5 Å². The second-order valence-electron chi connectivity index (χ2n) is 4.22. The van der Waals surface area contributed by atoms with Crippen LogP contribution in [0.5, 0.6) is 0 Å². The van der Waals surface area contributed by atoms with Crippen molar-refractivity contribution in [3.05, 3.63) is 23.6 Å². The van der Waals surface area contributed by atoms with Crippen molar-refractivity contribution < 1.29 is 9.13 Å². The van der Waals surface area contributed by atoms with Crippen molar-refractivity contribution in [1.29, 1.82) is 0 Å². The summed E-state index contributed by atoms with van der Waals surface area (Å²) in [4.78, 5) is 2.31.